The van der Waals surface area contributed by atoms with Crippen LogP contribution in [0.5, 0.6) is 0 Å². The molecule has 0 aliphatic carbocycles. The van der Waals surface area contributed by atoms with Crippen LogP contribution in [0.1, 0.15) is 59.8 Å². The Morgan fingerprint density at radius 1 is 0.955 bits per heavy atom. The second-order valence-electron chi connectivity index (χ2n) is 6.25. The lowest BCUT2D eigenvalue weighted by Gasteiger charge is -2.21. The van der Waals surface area contributed by atoms with Crippen molar-refractivity contribution in [2.24, 2.45) is 11.8 Å². The van der Waals surface area contributed by atoms with E-state index in [4.69, 9.17) is 14.2 Å². The van der Waals surface area contributed by atoms with E-state index in [0.717, 1.165) is 19.6 Å². The highest BCUT2D eigenvalue weighted by Gasteiger charge is 2.12. The van der Waals surface area contributed by atoms with Gasteiger partial charge in [-0.2, -0.15) is 0 Å². The minimum Gasteiger partial charge on any atom is -0.378 e. The maximum Gasteiger partial charge on any atom is 0.104 e. The highest BCUT2D eigenvalue weighted by molar-refractivity contribution is 4.67. The molecule has 0 aromatic rings. The highest BCUT2D eigenvalue weighted by Crippen LogP contribution is 2.13. The Bertz CT molecular complexity index is 243. The molecule has 0 radical (unpaired) electrons. The third kappa shape index (κ3) is 12.2. The molecular formula is C19H38O3. The minimum absolute atomic E-state index is 0.00531. The number of unbranched alkanes of at least 4 members (excludes halogenated alkanes) is 1. The molecule has 0 aliphatic heterocycles. The van der Waals surface area contributed by atoms with Crippen molar-refractivity contribution in [1.82, 2.24) is 0 Å². The quantitative estimate of drug-likeness (QED) is 0.381. The zero-order chi connectivity index (χ0) is 16.6. The van der Waals surface area contributed by atoms with Crippen molar-refractivity contribution in [3.63, 3.8) is 0 Å². The summed E-state index contributed by atoms with van der Waals surface area (Å²) in [7, 11) is 0. The first-order valence-electron chi connectivity index (χ1n) is 9.05. The Morgan fingerprint density at radius 2 is 1.64 bits per heavy atom. The Hall–Kier alpha value is -0.380. The van der Waals surface area contributed by atoms with Crippen LogP contribution in [-0.2, 0) is 14.2 Å². The molecule has 0 rings (SSSR count). The van der Waals surface area contributed by atoms with Gasteiger partial charge in [-0.05, 0) is 18.3 Å². The van der Waals surface area contributed by atoms with E-state index >= 15 is 0 Å². The predicted molar refractivity (Wildman–Crippen MR) is 94.3 cm³/mol. The van der Waals surface area contributed by atoms with Crippen molar-refractivity contribution < 1.29 is 14.2 Å². The van der Waals surface area contributed by atoms with Gasteiger partial charge in [0, 0.05) is 13.2 Å². The zero-order valence-electron chi connectivity index (χ0n) is 15.3. The van der Waals surface area contributed by atoms with Crippen LogP contribution in [0.3, 0.4) is 0 Å². The molecule has 0 bridgehead atoms. The zero-order valence-corrected chi connectivity index (χ0v) is 15.3. The molecular weight excluding hydrogens is 276 g/mol. The van der Waals surface area contributed by atoms with Crippen molar-refractivity contribution in [3.05, 3.63) is 12.7 Å². The second kappa shape index (κ2) is 15.5. The number of hydrogen-bond donors (Lipinski definition) is 0. The predicted octanol–water partition coefficient (Wildman–Crippen LogP) is 4.85. The number of ether oxygens (including phenoxy) is 3. The van der Waals surface area contributed by atoms with Crippen LogP contribution in [0.25, 0.3) is 0 Å². The summed E-state index contributed by atoms with van der Waals surface area (Å²) in [4.78, 5) is 0. The Morgan fingerprint density at radius 3 is 2.18 bits per heavy atom. The fraction of sp³-hybridized carbons (Fsp3) is 0.895. The Labute approximate surface area is 138 Å². The van der Waals surface area contributed by atoms with Gasteiger partial charge in [-0.1, -0.05) is 59.5 Å². The first-order chi connectivity index (χ1) is 10.7. The monoisotopic (exact) mass is 314 g/mol. The molecule has 0 aromatic carbocycles. The van der Waals surface area contributed by atoms with Crippen molar-refractivity contribution in [2.75, 3.05) is 33.0 Å². The van der Waals surface area contributed by atoms with E-state index in [1.54, 1.807) is 6.08 Å². The summed E-state index contributed by atoms with van der Waals surface area (Å²) in [5, 5.41) is 0. The summed E-state index contributed by atoms with van der Waals surface area (Å²) >= 11 is 0. The average Bonchev–Trinajstić information content (AvgIpc) is 2.54. The lowest BCUT2D eigenvalue weighted by molar-refractivity contribution is -0.0615. The van der Waals surface area contributed by atoms with E-state index in [2.05, 4.69) is 34.3 Å². The van der Waals surface area contributed by atoms with Crippen LogP contribution in [-0.4, -0.2) is 39.1 Å². The van der Waals surface area contributed by atoms with E-state index < -0.39 is 0 Å². The van der Waals surface area contributed by atoms with Crippen LogP contribution in [0.15, 0.2) is 12.7 Å². The first-order valence-corrected chi connectivity index (χ1v) is 9.05. The van der Waals surface area contributed by atoms with Gasteiger partial charge in [0.25, 0.3) is 0 Å². The SMILES string of the molecule is C=CCOC(COCC(C)CC)COCC(CC)CCCC. The van der Waals surface area contributed by atoms with Gasteiger partial charge in [-0.15, -0.1) is 6.58 Å². The van der Waals surface area contributed by atoms with Crippen molar-refractivity contribution in [2.45, 2.75) is 65.9 Å². The standard InChI is InChI=1S/C19H38O3/c1-6-10-11-18(9-4)14-21-16-19(22-12-7-2)15-20-13-17(5)8-3/h7,17-19H,2,6,8-16H2,1,3-5H3. The van der Waals surface area contributed by atoms with Crippen LogP contribution >= 0.6 is 0 Å². The molecule has 0 aliphatic rings. The Balaban J connectivity index is 3.98. The third-order valence-electron chi connectivity index (χ3n) is 4.05. The lowest BCUT2D eigenvalue weighted by Crippen LogP contribution is -2.28. The molecule has 3 heteroatoms. The van der Waals surface area contributed by atoms with Crippen molar-refractivity contribution >= 4 is 0 Å². The normalized spacial score (nSPS) is 15.5. The van der Waals surface area contributed by atoms with Gasteiger partial charge in [0.05, 0.1) is 19.8 Å². The molecule has 132 valence electrons. The van der Waals surface area contributed by atoms with Gasteiger partial charge in [-0.3, -0.25) is 0 Å². The van der Waals surface area contributed by atoms with Crippen molar-refractivity contribution in [3.8, 4) is 0 Å². The molecule has 0 N–H and O–H groups in total. The van der Waals surface area contributed by atoms with Gasteiger partial charge in [-0.25, -0.2) is 0 Å². The van der Waals surface area contributed by atoms with E-state index in [1.165, 1.54) is 25.7 Å². The minimum atomic E-state index is 0.00531. The first kappa shape index (κ1) is 21.6. The molecule has 3 nitrogen and oxygen atoms in total. The summed E-state index contributed by atoms with van der Waals surface area (Å²) < 4.78 is 17.4. The van der Waals surface area contributed by atoms with E-state index in [9.17, 15) is 0 Å². The summed E-state index contributed by atoms with van der Waals surface area (Å²) in [6.07, 6.45) is 7.91. The summed E-state index contributed by atoms with van der Waals surface area (Å²) in [6, 6.07) is 0. The van der Waals surface area contributed by atoms with Crippen LogP contribution < -0.4 is 0 Å². The van der Waals surface area contributed by atoms with Gasteiger partial charge in [0.1, 0.15) is 6.10 Å². The van der Waals surface area contributed by atoms with E-state index in [1.807, 2.05) is 0 Å². The van der Waals surface area contributed by atoms with Gasteiger partial charge in [0.2, 0.25) is 0 Å². The van der Waals surface area contributed by atoms with Crippen LogP contribution in [0.2, 0.25) is 0 Å². The molecule has 0 saturated carbocycles. The summed E-state index contributed by atoms with van der Waals surface area (Å²) in [6.45, 7) is 15.9. The third-order valence-corrected chi connectivity index (χ3v) is 4.05. The molecule has 0 saturated heterocycles. The largest absolute Gasteiger partial charge is 0.378 e. The van der Waals surface area contributed by atoms with Gasteiger partial charge < -0.3 is 14.2 Å². The number of hydrogen-bond acceptors (Lipinski definition) is 3. The highest BCUT2D eigenvalue weighted by atomic mass is 16.6. The summed E-state index contributed by atoms with van der Waals surface area (Å²) in [5.41, 5.74) is 0. The van der Waals surface area contributed by atoms with Gasteiger partial charge >= 0.3 is 0 Å². The number of rotatable bonds is 16. The van der Waals surface area contributed by atoms with Crippen LogP contribution in [0, 0.1) is 11.8 Å². The molecule has 3 atom stereocenters. The van der Waals surface area contributed by atoms with Crippen molar-refractivity contribution in [1.29, 1.82) is 0 Å². The average molecular weight is 315 g/mol. The maximum atomic E-state index is 5.89. The summed E-state index contributed by atoms with van der Waals surface area (Å²) in [5.74, 6) is 1.26. The smallest absolute Gasteiger partial charge is 0.104 e. The molecule has 0 aromatic heterocycles. The molecule has 0 fully saturated rings. The van der Waals surface area contributed by atoms with Crippen LogP contribution in [0.4, 0.5) is 0 Å². The van der Waals surface area contributed by atoms with E-state index in [-0.39, 0.29) is 6.10 Å². The molecule has 3 unspecified atom stereocenters. The lowest BCUT2D eigenvalue weighted by atomic mass is 10.0. The molecule has 0 heterocycles. The van der Waals surface area contributed by atoms with E-state index in [0.29, 0.717) is 31.7 Å². The topological polar surface area (TPSA) is 27.7 Å². The maximum absolute atomic E-state index is 5.89. The fourth-order valence-electron chi connectivity index (χ4n) is 2.13. The fourth-order valence-corrected chi connectivity index (χ4v) is 2.13. The Kier molecular flexibility index (Phi) is 15.2. The second-order valence-corrected chi connectivity index (χ2v) is 6.25. The molecule has 22 heavy (non-hydrogen) atoms. The molecule has 0 spiro atoms. The van der Waals surface area contributed by atoms with Gasteiger partial charge in [0.15, 0.2) is 0 Å². The molecule has 0 amide bonds.